The highest BCUT2D eigenvalue weighted by molar-refractivity contribution is 4.68. The smallest absolute Gasteiger partial charge is 0.105 e. The summed E-state index contributed by atoms with van der Waals surface area (Å²) in [7, 11) is 1.95. The molecule has 396 valence electrons. The maximum Gasteiger partial charge on any atom is 0.105 e. The molecule has 10 aliphatic heterocycles. The summed E-state index contributed by atoms with van der Waals surface area (Å²) in [5.41, 5.74) is 8.36. The van der Waals surface area contributed by atoms with Gasteiger partial charge in [-0.05, 0) is 151 Å². The number of nitrogens with one attached hydrogen (secondary N) is 10. The van der Waals surface area contributed by atoms with E-state index in [1.165, 1.54) is 84.0 Å². The lowest BCUT2D eigenvalue weighted by molar-refractivity contribution is -0.0867. The molecule has 66 heavy (non-hydrogen) atoms. The molecule has 0 amide bonds. The molecule has 10 N–H and O–H groups in total. The molecule has 10 fully saturated rings. The zero-order chi connectivity index (χ0) is 48.3. The van der Waals surface area contributed by atoms with E-state index in [4.69, 9.17) is 33.6 Å². The molecule has 0 saturated carbocycles. The highest BCUT2D eigenvalue weighted by Crippen LogP contribution is 2.10. The van der Waals surface area contributed by atoms with Crippen LogP contribution < -0.4 is 53.7 Å². The molecule has 0 aliphatic carbocycles. The summed E-state index contributed by atoms with van der Waals surface area (Å²) in [4.78, 5) is 19.5. The van der Waals surface area contributed by atoms with Gasteiger partial charge < -0.3 is 50.5 Å². The van der Waals surface area contributed by atoms with Crippen LogP contribution >= 0.6 is 0 Å². The molecular formula is C48H107N11O7. The average molecular weight is 950 g/mol. The van der Waals surface area contributed by atoms with Gasteiger partial charge in [0.25, 0.3) is 0 Å². The minimum absolute atomic E-state index is 0.296. The van der Waals surface area contributed by atoms with Crippen LogP contribution in [-0.4, -0.2) is 173 Å². The molecule has 0 aromatic rings. The number of rotatable bonds is 0. The summed E-state index contributed by atoms with van der Waals surface area (Å²) >= 11 is 0. The van der Waals surface area contributed by atoms with E-state index >= 15 is 0 Å². The van der Waals surface area contributed by atoms with Gasteiger partial charge in [0.1, 0.15) is 6.23 Å². The molecule has 10 heterocycles. The summed E-state index contributed by atoms with van der Waals surface area (Å²) < 4.78 is 15.1. The van der Waals surface area contributed by atoms with Crippen LogP contribution in [-0.2, 0) is 33.6 Å². The van der Waals surface area contributed by atoms with Crippen LogP contribution in [0.4, 0.5) is 0 Å². The number of hydrogen-bond acceptors (Lipinski definition) is 18. The fourth-order valence-electron chi connectivity index (χ4n) is 6.96. The van der Waals surface area contributed by atoms with Crippen LogP contribution in [0.5, 0.6) is 0 Å². The van der Waals surface area contributed by atoms with Crippen LogP contribution in [0.25, 0.3) is 0 Å². The van der Waals surface area contributed by atoms with Gasteiger partial charge in [-0.2, -0.15) is 10.5 Å². The van der Waals surface area contributed by atoms with Crippen molar-refractivity contribution >= 4 is 0 Å². The van der Waals surface area contributed by atoms with Crippen molar-refractivity contribution in [3.63, 3.8) is 0 Å². The lowest BCUT2D eigenvalue weighted by Crippen LogP contribution is -2.31. The van der Waals surface area contributed by atoms with Gasteiger partial charge in [-0.15, -0.1) is 0 Å². The highest BCUT2D eigenvalue weighted by Gasteiger charge is 2.11. The van der Waals surface area contributed by atoms with E-state index in [2.05, 4.69) is 109 Å². The Labute approximate surface area is 404 Å². The zero-order valence-corrected chi connectivity index (χ0v) is 44.0. The molecule has 10 saturated heterocycles. The highest BCUT2D eigenvalue weighted by atomic mass is 16.7. The lowest BCUT2D eigenvalue weighted by Gasteiger charge is -2.06. The number of hydrogen-bond donors (Lipinski definition) is 10. The maximum absolute atomic E-state index is 5.15. The molecule has 0 aromatic carbocycles. The summed E-state index contributed by atoms with van der Waals surface area (Å²) in [6.07, 6.45) is 15.4. The van der Waals surface area contributed by atoms with Crippen LogP contribution in [0.2, 0.25) is 0 Å². The minimum Gasteiger partial charge on any atom is -0.379 e. The van der Waals surface area contributed by atoms with Crippen molar-refractivity contribution in [1.29, 1.82) is 0 Å². The van der Waals surface area contributed by atoms with E-state index in [0.717, 1.165) is 111 Å². The van der Waals surface area contributed by atoms with Crippen LogP contribution in [0, 0.1) is 11.8 Å². The molecule has 0 radical (unpaired) electrons. The van der Waals surface area contributed by atoms with Gasteiger partial charge in [-0.1, -0.05) is 20.3 Å². The fraction of sp³-hybridized carbons (Fsp3) is 1.00. The van der Waals surface area contributed by atoms with E-state index in [1.807, 2.05) is 19.0 Å². The summed E-state index contributed by atoms with van der Waals surface area (Å²) in [6.45, 7) is 37.7. The number of nitrogens with zero attached hydrogens (tertiary/aromatic N) is 1. The number of hydroxylamine groups is 5. The SMILES string of the molecule is CC1CCCCNC1.CC1CCCNCN1.CC1CCCO1.CC1CCNCCN1.CC1CCNO1.CC1CCON1.CC1CNOC1.CC1COCN1.CC1NCCO1.CN1CCCO1. The number of ether oxygens (including phenoxy) is 3. The van der Waals surface area contributed by atoms with Crippen molar-refractivity contribution in [2.24, 2.45) is 11.8 Å². The molecule has 0 spiro atoms. The maximum atomic E-state index is 5.15. The first-order valence-corrected chi connectivity index (χ1v) is 26.3. The molecule has 10 rings (SSSR count). The zero-order valence-electron chi connectivity index (χ0n) is 44.0. The Morgan fingerprint density at radius 1 is 0.470 bits per heavy atom. The Hall–Kier alpha value is -0.720. The molecule has 0 aromatic heterocycles. The third kappa shape index (κ3) is 43.3. The van der Waals surface area contributed by atoms with Gasteiger partial charge in [-0.3, -0.25) is 20.3 Å². The van der Waals surface area contributed by atoms with E-state index in [-0.39, 0.29) is 0 Å². The van der Waals surface area contributed by atoms with Crippen molar-refractivity contribution in [2.75, 3.05) is 126 Å². The largest absolute Gasteiger partial charge is 0.379 e. The van der Waals surface area contributed by atoms with Gasteiger partial charge in [0.05, 0.1) is 52.0 Å². The van der Waals surface area contributed by atoms with E-state index in [9.17, 15) is 0 Å². The van der Waals surface area contributed by atoms with Gasteiger partial charge in [0.2, 0.25) is 0 Å². The van der Waals surface area contributed by atoms with Crippen LogP contribution in [0.1, 0.15) is 133 Å². The van der Waals surface area contributed by atoms with E-state index in [0.29, 0.717) is 48.5 Å². The van der Waals surface area contributed by atoms with Crippen molar-refractivity contribution in [3.05, 3.63) is 0 Å². The first-order chi connectivity index (χ1) is 31.9. The standard InChI is InChI=1S/C7H15N.2C6H14N2.C5H10O.6C4H9NO/c1-7-4-2-3-5-8-6-7;1-6-2-3-7-4-5-8-6;1-6-3-2-4-7-5-8-6;1-5-3-2-4-6-5;1-4-2-6-3-5-4;1-4-2-5-6-3-4;1-5-3-2-4-6-5;1-4-5-2-3-6-4;1-4-2-3-6-5-4;1-4-2-3-5-6-4/h7-8H,2-6H2,1H3;2*6-8H,2-5H2,1H3;5H,2-4H2,1H3;2*4-5H,2-3H2,1H3;2-4H2,1H3;3*4-5H,2-3H2,1H3. The van der Waals surface area contributed by atoms with Crippen molar-refractivity contribution in [2.45, 2.75) is 176 Å². The monoisotopic (exact) mass is 950 g/mol. The Morgan fingerprint density at radius 3 is 1.71 bits per heavy atom. The Bertz CT molecular complexity index is 776. The lowest BCUT2D eigenvalue weighted by atomic mass is 10.1. The predicted molar refractivity (Wildman–Crippen MR) is 270 cm³/mol. The molecule has 10 aliphatic rings. The van der Waals surface area contributed by atoms with Gasteiger partial charge >= 0.3 is 0 Å². The van der Waals surface area contributed by atoms with Gasteiger partial charge in [0.15, 0.2) is 0 Å². The molecule has 18 heteroatoms. The van der Waals surface area contributed by atoms with Crippen LogP contribution in [0.3, 0.4) is 0 Å². The summed E-state index contributed by atoms with van der Waals surface area (Å²) in [6, 6.07) is 2.57. The van der Waals surface area contributed by atoms with E-state index in [1.54, 1.807) is 0 Å². The van der Waals surface area contributed by atoms with Crippen molar-refractivity contribution < 1.29 is 33.6 Å². The first kappa shape index (κ1) is 63.3. The molecule has 9 unspecified atom stereocenters. The molecule has 0 bridgehead atoms. The van der Waals surface area contributed by atoms with Gasteiger partial charge in [0, 0.05) is 83.8 Å². The third-order valence-corrected chi connectivity index (χ3v) is 11.6. The first-order valence-electron chi connectivity index (χ1n) is 26.3. The second-order valence-corrected chi connectivity index (χ2v) is 19.1. The van der Waals surface area contributed by atoms with E-state index < -0.39 is 0 Å². The molecule has 18 nitrogen and oxygen atoms in total. The molecular weight excluding hydrogens is 843 g/mol. The predicted octanol–water partition coefficient (Wildman–Crippen LogP) is 3.76. The summed E-state index contributed by atoms with van der Waals surface area (Å²) in [5.74, 6) is 1.63. The Balaban J connectivity index is 0.000000368. The second kappa shape index (κ2) is 45.4. The topological polar surface area (TPSA) is 188 Å². The fourth-order valence-corrected chi connectivity index (χ4v) is 6.96. The van der Waals surface area contributed by atoms with Gasteiger partial charge in [-0.25, -0.2) is 11.0 Å². The Kier molecular flexibility index (Phi) is 43.6. The van der Waals surface area contributed by atoms with Crippen LogP contribution in [0.15, 0.2) is 0 Å². The van der Waals surface area contributed by atoms with Crippen molar-refractivity contribution in [1.82, 2.24) is 58.7 Å². The molecule has 9 atom stereocenters. The third-order valence-electron chi connectivity index (χ3n) is 11.6. The summed E-state index contributed by atoms with van der Waals surface area (Å²) in [5, 5.41) is 24.7. The average Bonchev–Trinajstić information content (AvgIpc) is 4.19. The van der Waals surface area contributed by atoms with Crippen molar-refractivity contribution in [3.8, 4) is 0 Å². The second-order valence-electron chi connectivity index (χ2n) is 19.1. The normalized spacial score (nSPS) is 32.7. The Morgan fingerprint density at radius 2 is 1.29 bits per heavy atom. The minimum atomic E-state index is 0.296. The quantitative estimate of drug-likeness (QED) is 0.169.